The number of aryl methyl sites for hydroxylation is 1. The lowest BCUT2D eigenvalue weighted by molar-refractivity contribution is -0.127. The molecule has 20 heavy (non-hydrogen) atoms. The number of nitrogens with zero attached hydrogens (tertiary/aromatic N) is 3. The van der Waals surface area contributed by atoms with Crippen molar-refractivity contribution >= 4 is 17.8 Å². The van der Waals surface area contributed by atoms with E-state index >= 15 is 0 Å². The van der Waals surface area contributed by atoms with E-state index in [2.05, 4.69) is 15.3 Å². The minimum Gasteiger partial charge on any atom is -0.368 e. The van der Waals surface area contributed by atoms with Crippen molar-refractivity contribution in [3.05, 3.63) is 18.0 Å². The van der Waals surface area contributed by atoms with Crippen LogP contribution in [0, 0.1) is 12.8 Å². The summed E-state index contributed by atoms with van der Waals surface area (Å²) >= 11 is 0. The quantitative estimate of drug-likeness (QED) is 0.780. The maximum absolute atomic E-state index is 12.0. The molecule has 0 spiro atoms. The summed E-state index contributed by atoms with van der Waals surface area (Å²) in [6, 6.07) is 1.84. The van der Waals surface area contributed by atoms with Gasteiger partial charge in [-0.2, -0.15) is 0 Å². The Bertz CT molecular complexity index is 505. The van der Waals surface area contributed by atoms with Crippen LogP contribution in [0.15, 0.2) is 12.3 Å². The third kappa shape index (κ3) is 3.66. The van der Waals surface area contributed by atoms with Gasteiger partial charge in [-0.15, -0.1) is 0 Å². The van der Waals surface area contributed by atoms with Gasteiger partial charge in [-0.1, -0.05) is 0 Å². The molecule has 1 aromatic rings. The summed E-state index contributed by atoms with van der Waals surface area (Å²) in [6.07, 6.45) is 3.41. The van der Waals surface area contributed by atoms with Crippen LogP contribution in [0.4, 0.5) is 5.95 Å². The van der Waals surface area contributed by atoms with E-state index in [1.807, 2.05) is 17.9 Å². The highest BCUT2D eigenvalue weighted by molar-refractivity contribution is 5.85. The van der Waals surface area contributed by atoms with Crippen LogP contribution in [-0.2, 0) is 9.59 Å². The lowest BCUT2D eigenvalue weighted by Gasteiger charge is -2.32. The van der Waals surface area contributed by atoms with Gasteiger partial charge in [0.2, 0.25) is 17.8 Å². The predicted octanol–water partition coefficient (Wildman–Crippen LogP) is -0.397. The fourth-order valence-corrected chi connectivity index (χ4v) is 2.28. The van der Waals surface area contributed by atoms with Gasteiger partial charge >= 0.3 is 0 Å². The van der Waals surface area contributed by atoms with E-state index in [1.54, 1.807) is 6.20 Å². The zero-order chi connectivity index (χ0) is 14.5. The Labute approximate surface area is 117 Å². The summed E-state index contributed by atoms with van der Waals surface area (Å²) in [4.78, 5) is 33.3. The topological polar surface area (TPSA) is 101 Å². The smallest absolute Gasteiger partial charge is 0.236 e. The molecule has 1 fully saturated rings. The van der Waals surface area contributed by atoms with Crippen molar-refractivity contribution in [2.45, 2.75) is 19.8 Å². The number of anilines is 1. The number of carbonyl (C=O) groups excluding carboxylic acids is 2. The number of nitrogens with one attached hydrogen (secondary N) is 1. The molecule has 1 aliphatic rings. The number of primary amides is 1. The Balaban J connectivity index is 1.98. The fraction of sp³-hybridized carbons (Fsp3) is 0.538. The van der Waals surface area contributed by atoms with Crippen molar-refractivity contribution in [3.63, 3.8) is 0 Å². The maximum atomic E-state index is 12.0. The number of nitrogens with two attached hydrogens (primary N) is 1. The highest BCUT2D eigenvalue weighted by Gasteiger charge is 2.27. The van der Waals surface area contributed by atoms with Crippen molar-refractivity contribution in [2.75, 3.05) is 24.5 Å². The van der Waals surface area contributed by atoms with E-state index in [1.165, 1.54) is 0 Å². The minimum absolute atomic E-state index is 0.115. The van der Waals surface area contributed by atoms with Crippen LogP contribution in [0.3, 0.4) is 0 Å². The zero-order valence-electron chi connectivity index (χ0n) is 11.5. The first-order valence-corrected chi connectivity index (χ1v) is 6.67. The summed E-state index contributed by atoms with van der Waals surface area (Å²) in [5.41, 5.74) is 5.92. The van der Waals surface area contributed by atoms with Crippen LogP contribution in [0.1, 0.15) is 18.5 Å². The lowest BCUT2D eigenvalue weighted by Crippen LogP contribution is -2.45. The molecule has 2 heterocycles. The standard InChI is InChI=1S/C13H19N5O2/c1-9-4-5-15-13(17-9)18-6-2-3-10(8-18)12(20)16-7-11(14)19/h4-5,10H,2-3,6-8H2,1H3,(H2,14,19)(H,16,20). The highest BCUT2D eigenvalue weighted by Crippen LogP contribution is 2.20. The van der Waals surface area contributed by atoms with Crippen molar-refractivity contribution in [3.8, 4) is 0 Å². The molecule has 0 radical (unpaired) electrons. The fourth-order valence-electron chi connectivity index (χ4n) is 2.28. The van der Waals surface area contributed by atoms with Gasteiger partial charge in [0.1, 0.15) is 0 Å². The third-order valence-electron chi connectivity index (χ3n) is 3.29. The molecule has 108 valence electrons. The van der Waals surface area contributed by atoms with E-state index in [4.69, 9.17) is 5.73 Å². The monoisotopic (exact) mass is 277 g/mol. The maximum Gasteiger partial charge on any atom is 0.236 e. The summed E-state index contributed by atoms with van der Waals surface area (Å²) in [5.74, 6) is -0.182. The molecule has 0 aromatic carbocycles. The predicted molar refractivity (Wildman–Crippen MR) is 73.9 cm³/mol. The number of carbonyl (C=O) groups is 2. The van der Waals surface area contributed by atoms with Crippen LogP contribution in [0.5, 0.6) is 0 Å². The molecular weight excluding hydrogens is 258 g/mol. The van der Waals surface area contributed by atoms with Crippen molar-refractivity contribution < 1.29 is 9.59 Å². The molecule has 1 aliphatic heterocycles. The summed E-state index contributed by atoms with van der Waals surface area (Å²) in [7, 11) is 0. The molecule has 0 saturated carbocycles. The Kier molecular flexibility index (Phi) is 4.49. The molecule has 0 bridgehead atoms. The van der Waals surface area contributed by atoms with Gasteiger partial charge in [0.05, 0.1) is 12.5 Å². The molecular formula is C13H19N5O2. The number of rotatable bonds is 4. The molecule has 0 aliphatic carbocycles. The number of amides is 2. The second kappa shape index (κ2) is 6.31. The molecule has 1 aromatic heterocycles. The molecule has 7 heteroatoms. The van der Waals surface area contributed by atoms with E-state index in [0.717, 1.165) is 25.1 Å². The van der Waals surface area contributed by atoms with Gasteiger partial charge in [0.15, 0.2) is 0 Å². The Morgan fingerprint density at radius 1 is 1.55 bits per heavy atom. The van der Waals surface area contributed by atoms with Gasteiger partial charge in [0, 0.05) is 25.0 Å². The van der Waals surface area contributed by atoms with Gasteiger partial charge < -0.3 is 16.0 Å². The van der Waals surface area contributed by atoms with Gasteiger partial charge in [-0.25, -0.2) is 9.97 Å². The summed E-state index contributed by atoms with van der Waals surface area (Å²) in [6.45, 7) is 3.19. The van der Waals surface area contributed by atoms with Gasteiger partial charge in [-0.3, -0.25) is 9.59 Å². The lowest BCUT2D eigenvalue weighted by atomic mass is 9.97. The molecule has 2 amide bonds. The van der Waals surface area contributed by atoms with Crippen LogP contribution in [0.2, 0.25) is 0 Å². The van der Waals surface area contributed by atoms with Gasteiger partial charge in [0.25, 0.3) is 0 Å². The normalized spacial score (nSPS) is 18.6. The van der Waals surface area contributed by atoms with E-state index in [9.17, 15) is 9.59 Å². The molecule has 2 rings (SSSR count). The second-order valence-electron chi connectivity index (χ2n) is 4.97. The molecule has 7 nitrogen and oxygen atoms in total. The molecule has 1 atom stereocenters. The number of piperidine rings is 1. The number of hydrogen-bond donors (Lipinski definition) is 2. The first kappa shape index (κ1) is 14.2. The largest absolute Gasteiger partial charge is 0.368 e. The molecule has 3 N–H and O–H groups in total. The van der Waals surface area contributed by atoms with Crippen LogP contribution in [-0.4, -0.2) is 41.4 Å². The average Bonchev–Trinajstić information content (AvgIpc) is 2.45. The Morgan fingerprint density at radius 3 is 3.05 bits per heavy atom. The average molecular weight is 277 g/mol. The summed E-state index contributed by atoms with van der Waals surface area (Å²) < 4.78 is 0. The molecule has 1 saturated heterocycles. The van der Waals surface area contributed by atoms with Crippen LogP contribution >= 0.6 is 0 Å². The molecule has 1 unspecified atom stereocenters. The first-order valence-electron chi connectivity index (χ1n) is 6.67. The Hall–Kier alpha value is -2.18. The third-order valence-corrected chi connectivity index (χ3v) is 3.29. The highest BCUT2D eigenvalue weighted by atomic mass is 16.2. The van der Waals surface area contributed by atoms with E-state index in [0.29, 0.717) is 12.5 Å². The SMILES string of the molecule is Cc1ccnc(N2CCCC(C(=O)NCC(N)=O)C2)n1. The van der Waals surface area contributed by atoms with Crippen LogP contribution in [0.25, 0.3) is 0 Å². The van der Waals surface area contributed by atoms with Crippen molar-refractivity contribution in [2.24, 2.45) is 11.7 Å². The minimum atomic E-state index is -0.534. The van der Waals surface area contributed by atoms with E-state index in [-0.39, 0.29) is 18.4 Å². The summed E-state index contributed by atoms with van der Waals surface area (Å²) in [5, 5.41) is 2.55. The van der Waals surface area contributed by atoms with Crippen molar-refractivity contribution in [1.82, 2.24) is 15.3 Å². The second-order valence-corrected chi connectivity index (χ2v) is 4.97. The zero-order valence-corrected chi connectivity index (χ0v) is 11.5. The van der Waals surface area contributed by atoms with E-state index < -0.39 is 5.91 Å². The number of aromatic nitrogens is 2. The first-order chi connectivity index (χ1) is 9.56. The number of hydrogen-bond acceptors (Lipinski definition) is 5. The van der Waals surface area contributed by atoms with Crippen molar-refractivity contribution in [1.29, 1.82) is 0 Å². The Morgan fingerprint density at radius 2 is 2.35 bits per heavy atom. The van der Waals surface area contributed by atoms with Crippen LogP contribution < -0.4 is 16.0 Å². The van der Waals surface area contributed by atoms with Gasteiger partial charge in [-0.05, 0) is 25.8 Å².